The Balaban J connectivity index is 2.80. The lowest BCUT2D eigenvalue weighted by Gasteiger charge is -2.20. The lowest BCUT2D eigenvalue weighted by atomic mass is 10.1. The van der Waals surface area contributed by atoms with Gasteiger partial charge in [-0.2, -0.15) is 0 Å². The molecule has 3 nitrogen and oxygen atoms in total. The first kappa shape index (κ1) is 11.4. The third-order valence-corrected chi connectivity index (χ3v) is 2.11. The summed E-state index contributed by atoms with van der Waals surface area (Å²) in [6.07, 6.45) is 1.64. The van der Waals surface area contributed by atoms with Gasteiger partial charge in [-0.25, -0.2) is 0 Å². The third-order valence-electron chi connectivity index (χ3n) is 1.44. The van der Waals surface area contributed by atoms with Crippen LogP contribution in [0.4, 0.5) is 0 Å². The second-order valence-corrected chi connectivity index (χ2v) is 5.31. The van der Waals surface area contributed by atoms with Crippen molar-refractivity contribution in [3.63, 3.8) is 0 Å². The minimum atomic E-state index is -0.222. The molecule has 76 valence electrons. The summed E-state index contributed by atoms with van der Waals surface area (Å²) in [5.74, 6) is -0.129. The predicted octanol–water partition coefficient (Wildman–Crippen LogP) is 2.21. The van der Waals surface area contributed by atoms with E-state index in [1.165, 1.54) is 0 Å². The number of carbonyl (C=O) groups is 1. The summed E-state index contributed by atoms with van der Waals surface area (Å²) in [4.78, 5) is 15.6. The van der Waals surface area contributed by atoms with Crippen LogP contribution in [0.5, 0.6) is 0 Å². The molecule has 0 spiro atoms. The van der Waals surface area contributed by atoms with E-state index in [0.29, 0.717) is 5.69 Å². The SMILES string of the molecule is CC(C)(C)NC(=O)c1cc(I)ccn1. The minimum absolute atomic E-state index is 0.129. The number of rotatable bonds is 1. The zero-order chi connectivity index (χ0) is 10.8. The van der Waals surface area contributed by atoms with Gasteiger partial charge in [-0.3, -0.25) is 9.78 Å². The Hall–Kier alpha value is -0.650. The van der Waals surface area contributed by atoms with Crippen molar-refractivity contribution in [2.24, 2.45) is 0 Å². The molecule has 0 aromatic carbocycles. The Labute approximate surface area is 97.4 Å². The molecule has 0 saturated heterocycles. The number of nitrogens with zero attached hydrogens (tertiary/aromatic N) is 1. The summed E-state index contributed by atoms with van der Waals surface area (Å²) in [5, 5.41) is 2.86. The van der Waals surface area contributed by atoms with Crippen LogP contribution in [0.3, 0.4) is 0 Å². The maximum absolute atomic E-state index is 11.6. The highest BCUT2D eigenvalue weighted by atomic mass is 127. The topological polar surface area (TPSA) is 42.0 Å². The molecule has 4 heteroatoms. The van der Waals surface area contributed by atoms with Crippen LogP contribution in [0, 0.1) is 3.57 Å². The van der Waals surface area contributed by atoms with Crippen LogP contribution in [0.2, 0.25) is 0 Å². The monoisotopic (exact) mass is 304 g/mol. The van der Waals surface area contributed by atoms with Crippen molar-refractivity contribution in [1.82, 2.24) is 10.3 Å². The van der Waals surface area contributed by atoms with Crippen LogP contribution in [-0.4, -0.2) is 16.4 Å². The molecule has 0 saturated carbocycles. The van der Waals surface area contributed by atoms with Crippen molar-refractivity contribution >= 4 is 28.5 Å². The number of nitrogens with one attached hydrogen (secondary N) is 1. The van der Waals surface area contributed by atoms with Gasteiger partial charge in [-0.05, 0) is 55.5 Å². The second-order valence-electron chi connectivity index (χ2n) is 4.06. The molecule has 0 aliphatic carbocycles. The van der Waals surface area contributed by atoms with E-state index in [4.69, 9.17) is 0 Å². The van der Waals surface area contributed by atoms with Crippen molar-refractivity contribution in [2.45, 2.75) is 26.3 Å². The molecule has 1 rings (SSSR count). The predicted molar refractivity (Wildman–Crippen MR) is 64.2 cm³/mol. The number of hydrogen-bond acceptors (Lipinski definition) is 2. The van der Waals surface area contributed by atoms with E-state index in [1.54, 1.807) is 12.3 Å². The minimum Gasteiger partial charge on any atom is -0.346 e. The van der Waals surface area contributed by atoms with Gasteiger partial charge < -0.3 is 5.32 Å². The summed E-state index contributed by atoms with van der Waals surface area (Å²) in [5.41, 5.74) is 0.242. The zero-order valence-corrected chi connectivity index (χ0v) is 10.6. The summed E-state index contributed by atoms with van der Waals surface area (Å²) in [6.45, 7) is 5.83. The second kappa shape index (κ2) is 4.25. The van der Waals surface area contributed by atoms with Crippen molar-refractivity contribution < 1.29 is 4.79 Å². The highest BCUT2D eigenvalue weighted by Gasteiger charge is 2.15. The molecule has 0 aliphatic heterocycles. The fraction of sp³-hybridized carbons (Fsp3) is 0.400. The smallest absolute Gasteiger partial charge is 0.270 e. The molecule has 1 heterocycles. The molecule has 0 radical (unpaired) electrons. The summed E-state index contributed by atoms with van der Waals surface area (Å²) < 4.78 is 1.01. The number of pyridine rings is 1. The van der Waals surface area contributed by atoms with Crippen LogP contribution in [0.15, 0.2) is 18.3 Å². The van der Waals surface area contributed by atoms with Gasteiger partial charge in [0.25, 0.3) is 5.91 Å². The Morgan fingerprint density at radius 2 is 2.14 bits per heavy atom. The van der Waals surface area contributed by atoms with Gasteiger partial charge in [0.05, 0.1) is 0 Å². The van der Waals surface area contributed by atoms with Gasteiger partial charge in [-0.1, -0.05) is 0 Å². The molecule has 0 atom stereocenters. The molecule has 0 bridgehead atoms. The van der Waals surface area contributed by atoms with E-state index < -0.39 is 0 Å². The van der Waals surface area contributed by atoms with E-state index in [1.807, 2.05) is 26.8 Å². The maximum atomic E-state index is 11.6. The molecule has 0 aliphatic rings. The molecule has 1 N–H and O–H groups in total. The average Bonchev–Trinajstić information content (AvgIpc) is 2.01. The molecule has 1 amide bonds. The molecule has 14 heavy (non-hydrogen) atoms. The molecule has 1 aromatic heterocycles. The standard InChI is InChI=1S/C10H13IN2O/c1-10(2,3)13-9(14)8-6-7(11)4-5-12-8/h4-6H,1-3H3,(H,13,14). The van der Waals surface area contributed by atoms with Crippen LogP contribution in [0.1, 0.15) is 31.3 Å². The zero-order valence-electron chi connectivity index (χ0n) is 8.47. The van der Waals surface area contributed by atoms with E-state index >= 15 is 0 Å². The fourth-order valence-corrected chi connectivity index (χ4v) is 1.39. The van der Waals surface area contributed by atoms with Crippen molar-refractivity contribution in [1.29, 1.82) is 0 Å². The average molecular weight is 304 g/mol. The Bertz CT molecular complexity index is 344. The van der Waals surface area contributed by atoms with Crippen LogP contribution >= 0.6 is 22.6 Å². The first-order chi connectivity index (χ1) is 6.38. The van der Waals surface area contributed by atoms with Gasteiger partial charge in [0.1, 0.15) is 5.69 Å². The molecule has 1 aromatic rings. The van der Waals surface area contributed by atoms with E-state index in [0.717, 1.165) is 3.57 Å². The van der Waals surface area contributed by atoms with Gasteiger partial charge in [0.2, 0.25) is 0 Å². The molecule has 0 fully saturated rings. The van der Waals surface area contributed by atoms with Crippen molar-refractivity contribution in [3.05, 3.63) is 27.6 Å². The van der Waals surface area contributed by atoms with Crippen LogP contribution in [-0.2, 0) is 0 Å². The van der Waals surface area contributed by atoms with E-state index in [2.05, 4.69) is 32.9 Å². The Morgan fingerprint density at radius 1 is 1.50 bits per heavy atom. The number of carbonyl (C=O) groups excluding carboxylic acids is 1. The number of halogens is 1. The van der Waals surface area contributed by atoms with Crippen LogP contribution in [0.25, 0.3) is 0 Å². The number of aromatic nitrogens is 1. The first-order valence-corrected chi connectivity index (χ1v) is 5.40. The first-order valence-electron chi connectivity index (χ1n) is 4.32. The normalized spacial score (nSPS) is 11.1. The quantitative estimate of drug-likeness (QED) is 0.808. The summed E-state index contributed by atoms with van der Waals surface area (Å²) in [6, 6.07) is 3.62. The molecule has 0 unspecified atom stereocenters. The largest absolute Gasteiger partial charge is 0.346 e. The van der Waals surface area contributed by atoms with Crippen molar-refractivity contribution in [2.75, 3.05) is 0 Å². The fourth-order valence-electron chi connectivity index (χ4n) is 0.934. The highest BCUT2D eigenvalue weighted by molar-refractivity contribution is 14.1. The van der Waals surface area contributed by atoms with Gasteiger partial charge in [0, 0.05) is 15.3 Å². The van der Waals surface area contributed by atoms with Gasteiger partial charge in [0.15, 0.2) is 0 Å². The summed E-state index contributed by atoms with van der Waals surface area (Å²) in [7, 11) is 0. The number of amides is 1. The van der Waals surface area contributed by atoms with Crippen molar-refractivity contribution in [3.8, 4) is 0 Å². The number of hydrogen-bond donors (Lipinski definition) is 1. The lowest BCUT2D eigenvalue weighted by molar-refractivity contribution is 0.0914. The van der Waals surface area contributed by atoms with Crippen LogP contribution < -0.4 is 5.32 Å². The van der Waals surface area contributed by atoms with E-state index in [9.17, 15) is 4.79 Å². The lowest BCUT2D eigenvalue weighted by Crippen LogP contribution is -2.40. The highest BCUT2D eigenvalue weighted by Crippen LogP contribution is 2.06. The Morgan fingerprint density at radius 3 is 2.64 bits per heavy atom. The van der Waals surface area contributed by atoms with Gasteiger partial charge >= 0.3 is 0 Å². The third kappa shape index (κ3) is 3.61. The molecular formula is C10H13IN2O. The van der Waals surface area contributed by atoms with Gasteiger partial charge in [-0.15, -0.1) is 0 Å². The molecular weight excluding hydrogens is 291 g/mol. The van der Waals surface area contributed by atoms with E-state index in [-0.39, 0.29) is 11.4 Å². The summed E-state index contributed by atoms with van der Waals surface area (Å²) >= 11 is 2.16. The maximum Gasteiger partial charge on any atom is 0.270 e. The Kier molecular flexibility index (Phi) is 3.47.